The van der Waals surface area contributed by atoms with Gasteiger partial charge in [-0.3, -0.25) is 9.59 Å². The number of ether oxygens (including phenoxy) is 3. The second-order valence-corrected chi connectivity index (χ2v) is 14.7. The zero-order valence-corrected chi connectivity index (χ0v) is 23.5. The Morgan fingerprint density at radius 1 is 0.974 bits per heavy atom. The molecule has 2 aromatic carbocycles. The lowest BCUT2D eigenvalue weighted by Crippen LogP contribution is -2.68. The summed E-state index contributed by atoms with van der Waals surface area (Å²) in [4.78, 5) is 54.0. The number of amides is 2. The number of methoxy groups -OCH3 is 1. The normalized spacial score (nSPS) is 23.2. The van der Waals surface area contributed by atoms with Crippen LogP contribution < -0.4 is 0 Å². The van der Waals surface area contributed by atoms with Gasteiger partial charge in [-0.05, 0) is 44.1 Å². The predicted octanol–water partition coefficient (Wildman–Crippen LogP) is 4.11. The number of rotatable bonds is 11. The monoisotopic (exact) mass is 541 g/mol. The van der Waals surface area contributed by atoms with Crippen LogP contribution >= 0.6 is 0 Å². The second kappa shape index (κ2) is 12.0. The number of aldehydes is 1. The maximum atomic E-state index is 13.9. The number of esters is 1. The lowest BCUT2D eigenvalue weighted by Gasteiger charge is -2.44. The van der Waals surface area contributed by atoms with Gasteiger partial charge in [-0.1, -0.05) is 60.7 Å². The van der Waals surface area contributed by atoms with Crippen molar-refractivity contribution < 1.29 is 37.8 Å². The van der Waals surface area contributed by atoms with Crippen molar-refractivity contribution in [3.63, 3.8) is 0 Å². The van der Waals surface area contributed by atoms with Crippen molar-refractivity contribution in [2.24, 2.45) is 5.92 Å². The molecule has 9 nitrogen and oxygen atoms in total. The molecule has 1 aliphatic rings. The summed E-state index contributed by atoms with van der Waals surface area (Å²) in [5.41, 5.74) is -2.47. The van der Waals surface area contributed by atoms with Crippen molar-refractivity contribution in [3.05, 3.63) is 71.8 Å². The molecule has 0 spiro atoms. The number of imide groups is 1. The number of hydrogen-bond acceptors (Lipinski definition) is 8. The van der Waals surface area contributed by atoms with Gasteiger partial charge in [0.15, 0.2) is 14.6 Å². The molecule has 38 heavy (non-hydrogen) atoms. The van der Waals surface area contributed by atoms with Crippen molar-refractivity contribution in [3.8, 4) is 0 Å². The molecule has 204 valence electrons. The van der Waals surface area contributed by atoms with Gasteiger partial charge in [-0.25, -0.2) is 14.5 Å². The summed E-state index contributed by atoms with van der Waals surface area (Å²) >= 11 is 0. The van der Waals surface area contributed by atoms with E-state index in [0.717, 1.165) is 12.7 Å². The molecule has 2 aromatic rings. The van der Waals surface area contributed by atoms with Crippen molar-refractivity contribution in [1.29, 1.82) is 0 Å². The molecule has 2 amide bonds. The third-order valence-corrected chi connectivity index (χ3v) is 7.56. The zero-order chi connectivity index (χ0) is 28.0. The first kappa shape index (κ1) is 29.2. The Balaban J connectivity index is 1.95. The fraction of sp³-hybridized carbons (Fsp3) is 0.429. The van der Waals surface area contributed by atoms with E-state index in [1.54, 1.807) is 24.3 Å². The number of benzene rings is 2. The van der Waals surface area contributed by atoms with Gasteiger partial charge in [0.1, 0.15) is 12.2 Å². The molecule has 0 saturated carbocycles. The first-order chi connectivity index (χ1) is 18.0. The maximum Gasteiger partial charge on any atom is 0.418 e. The van der Waals surface area contributed by atoms with Gasteiger partial charge in [-0.2, -0.15) is 0 Å². The van der Waals surface area contributed by atoms with Gasteiger partial charge in [0.25, 0.3) is 0 Å². The Bertz CT molecular complexity index is 1140. The highest BCUT2D eigenvalue weighted by Gasteiger charge is 2.74. The van der Waals surface area contributed by atoms with E-state index in [2.05, 4.69) is 0 Å². The molecule has 3 rings (SSSR count). The quantitative estimate of drug-likeness (QED) is 0.138. The minimum absolute atomic E-state index is 0.0989. The lowest BCUT2D eigenvalue weighted by atomic mass is 9.76. The van der Waals surface area contributed by atoms with Gasteiger partial charge in [0, 0.05) is 6.61 Å². The van der Waals surface area contributed by atoms with Crippen molar-refractivity contribution in [2.75, 3.05) is 13.7 Å². The van der Waals surface area contributed by atoms with E-state index >= 15 is 0 Å². The number of likely N-dealkylation sites (tertiary alicyclic amines) is 1. The maximum absolute atomic E-state index is 13.9. The minimum Gasteiger partial charge on any atom is -0.467 e. The van der Waals surface area contributed by atoms with Crippen molar-refractivity contribution >= 4 is 32.6 Å². The van der Waals surface area contributed by atoms with E-state index < -0.39 is 43.3 Å². The molecule has 0 N–H and O–H groups in total. The van der Waals surface area contributed by atoms with Crippen LogP contribution in [0, 0.1) is 5.92 Å². The Morgan fingerprint density at radius 2 is 1.53 bits per heavy atom. The molecular weight excluding hydrogens is 506 g/mol. The second-order valence-electron chi connectivity index (χ2n) is 10.3. The lowest BCUT2D eigenvalue weighted by molar-refractivity contribution is -0.167. The first-order valence-corrected chi connectivity index (χ1v) is 15.8. The van der Waals surface area contributed by atoms with E-state index in [1.165, 1.54) is 6.92 Å². The summed E-state index contributed by atoms with van der Waals surface area (Å²) in [6.45, 7) is 7.40. The predicted molar refractivity (Wildman–Crippen MR) is 141 cm³/mol. The van der Waals surface area contributed by atoms with Gasteiger partial charge >= 0.3 is 12.1 Å². The van der Waals surface area contributed by atoms with Crippen LogP contribution in [0.5, 0.6) is 0 Å². The average molecular weight is 542 g/mol. The van der Waals surface area contributed by atoms with Crippen LogP contribution in [0.3, 0.4) is 0 Å². The van der Waals surface area contributed by atoms with E-state index in [1.807, 2.05) is 56.0 Å². The number of carbonyl (C=O) groups is 4. The van der Waals surface area contributed by atoms with E-state index in [4.69, 9.17) is 18.6 Å². The van der Waals surface area contributed by atoms with Crippen LogP contribution in [-0.2, 0) is 46.2 Å². The Hall–Kier alpha value is -3.34. The van der Waals surface area contributed by atoms with E-state index in [0.29, 0.717) is 17.1 Å². The molecular formula is C28H35NO8Si. The van der Waals surface area contributed by atoms with Crippen LogP contribution in [0.15, 0.2) is 60.7 Å². The summed E-state index contributed by atoms with van der Waals surface area (Å²) in [7, 11) is -1.41. The molecule has 0 aromatic heterocycles. The molecule has 1 aliphatic heterocycles. The molecule has 0 radical (unpaired) electrons. The van der Waals surface area contributed by atoms with Crippen LogP contribution in [0.1, 0.15) is 24.5 Å². The Morgan fingerprint density at radius 3 is 2.03 bits per heavy atom. The van der Waals surface area contributed by atoms with E-state index in [9.17, 15) is 19.2 Å². The number of carbonyl (C=O) groups excluding carboxylic acids is 4. The highest BCUT2D eigenvalue weighted by atomic mass is 28.4. The molecule has 1 fully saturated rings. The Labute approximate surface area is 224 Å². The van der Waals surface area contributed by atoms with E-state index in [-0.39, 0.29) is 25.9 Å². The van der Waals surface area contributed by atoms with Gasteiger partial charge in [0.05, 0.1) is 19.6 Å². The smallest absolute Gasteiger partial charge is 0.418 e. The molecule has 3 atom stereocenters. The molecule has 1 saturated heterocycles. The number of hydrogen-bond donors (Lipinski definition) is 0. The SMILES string of the molecule is COC(=O)[C@]1(C=O)N(C(=O)OCc2ccccc2)C(=O)[C@H](CCOCc2ccccc2)[C@]1(C)O[Si](C)(C)C. The van der Waals surface area contributed by atoms with Gasteiger partial charge < -0.3 is 18.6 Å². The third-order valence-electron chi connectivity index (χ3n) is 6.53. The molecule has 0 bridgehead atoms. The molecule has 0 aliphatic carbocycles. The van der Waals surface area contributed by atoms with Crippen molar-refractivity contribution in [2.45, 2.75) is 57.3 Å². The molecule has 10 heteroatoms. The largest absolute Gasteiger partial charge is 0.467 e. The van der Waals surface area contributed by atoms with Crippen LogP contribution in [-0.4, -0.2) is 62.3 Å². The third kappa shape index (κ3) is 5.87. The summed E-state index contributed by atoms with van der Waals surface area (Å²) in [5, 5.41) is 0. The topological polar surface area (TPSA) is 108 Å². The van der Waals surface area contributed by atoms with Gasteiger partial charge in [0.2, 0.25) is 11.4 Å². The summed E-state index contributed by atoms with van der Waals surface area (Å²) in [6.07, 6.45) is -0.762. The highest BCUT2D eigenvalue weighted by Crippen LogP contribution is 2.49. The zero-order valence-electron chi connectivity index (χ0n) is 22.5. The van der Waals surface area contributed by atoms with Gasteiger partial charge in [-0.15, -0.1) is 0 Å². The molecule has 1 heterocycles. The fourth-order valence-corrected chi connectivity index (χ4v) is 6.46. The van der Waals surface area contributed by atoms with Crippen molar-refractivity contribution in [1.82, 2.24) is 4.90 Å². The summed E-state index contributed by atoms with van der Waals surface area (Å²) in [5.74, 6) is -2.89. The van der Waals surface area contributed by atoms with Crippen LogP contribution in [0.2, 0.25) is 19.6 Å². The minimum atomic E-state index is -2.50. The Kier molecular flexibility index (Phi) is 9.24. The van der Waals surface area contributed by atoms with Crippen LogP contribution in [0.25, 0.3) is 0 Å². The average Bonchev–Trinajstić information content (AvgIpc) is 3.07. The standard InChI is InChI=1S/C28H35NO8Si/c1-27(37-38(3,4)5)23(16-17-35-18-21-12-8-6-9-13-21)24(31)29(28(27,20-30)25(32)34-2)26(33)36-19-22-14-10-7-11-15-22/h6-15,20,23H,16-19H2,1-5H3/t23-,27-,28-/m0/s1. The summed E-state index contributed by atoms with van der Waals surface area (Å²) in [6, 6.07) is 18.4. The molecule has 0 unspecified atom stereocenters. The number of nitrogens with zero attached hydrogens (tertiary/aromatic N) is 1. The summed E-state index contributed by atoms with van der Waals surface area (Å²) < 4.78 is 22.7. The van der Waals surface area contributed by atoms with Crippen LogP contribution in [0.4, 0.5) is 4.79 Å². The first-order valence-electron chi connectivity index (χ1n) is 12.4. The fourth-order valence-electron chi connectivity index (χ4n) is 4.89. The highest BCUT2D eigenvalue weighted by molar-refractivity contribution is 6.70.